The molecule has 1 aliphatic heterocycles. The van der Waals surface area contributed by atoms with E-state index in [-0.39, 0.29) is 17.7 Å². The molecule has 0 aromatic heterocycles. The van der Waals surface area contributed by atoms with Gasteiger partial charge in [0.15, 0.2) is 11.6 Å². The van der Waals surface area contributed by atoms with Crippen LogP contribution in [0.2, 0.25) is 0 Å². The Labute approximate surface area is 87.2 Å². The first-order chi connectivity index (χ1) is 7.17. The predicted molar refractivity (Wildman–Crippen MR) is 53.5 cm³/mol. The highest BCUT2D eigenvalue weighted by molar-refractivity contribution is 5.99. The maximum Gasteiger partial charge on any atom is 0.252 e. The zero-order valence-electron chi connectivity index (χ0n) is 8.63. The minimum atomic E-state index is -0.425. The summed E-state index contributed by atoms with van der Waals surface area (Å²) in [5, 5.41) is 2.79. The minimum absolute atomic E-state index is 0.0760. The first-order valence-electron chi connectivity index (χ1n) is 4.85. The van der Waals surface area contributed by atoms with Gasteiger partial charge < -0.3 is 10.1 Å². The van der Waals surface area contributed by atoms with Gasteiger partial charge in [-0.2, -0.15) is 0 Å². The molecular formula is C11H12FNO2. The van der Waals surface area contributed by atoms with Crippen LogP contribution in [0.25, 0.3) is 0 Å². The molecule has 0 saturated heterocycles. The van der Waals surface area contributed by atoms with Gasteiger partial charge in [0.1, 0.15) is 0 Å². The van der Waals surface area contributed by atoms with Crippen LogP contribution in [0.4, 0.5) is 4.39 Å². The number of halogens is 1. The SMILES string of the molecule is CCC1NC(=O)c2cc(OC)c(F)cc21. The number of carbonyl (C=O) groups is 1. The fourth-order valence-electron chi connectivity index (χ4n) is 1.85. The van der Waals surface area contributed by atoms with Crippen molar-refractivity contribution in [1.29, 1.82) is 0 Å². The van der Waals surface area contributed by atoms with E-state index in [4.69, 9.17) is 4.74 Å². The molecule has 3 nitrogen and oxygen atoms in total. The highest BCUT2D eigenvalue weighted by Gasteiger charge is 2.28. The number of hydrogen-bond donors (Lipinski definition) is 1. The van der Waals surface area contributed by atoms with E-state index < -0.39 is 5.82 Å². The number of amides is 1. The standard InChI is InChI=1S/C11H12FNO2/c1-3-9-6-4-8(12)10(15-2)5-7(6)11(14)13-9/h4-5,9H,3H2,1-2H3,(H,13,14). The van der Waals surface area contributed by atoms with Crippen LogP contribution >= 0.6 is 0 Å². The van der Waals surface area contributed by atoms with E-state index in [1.807, 2.05) is 6.92 Å². The largest absolute Gasteiger partial charge is 0.494 e. The number of ether oxygens (including phenoxy) is 1. The van der Waals surface area contributed by atoms with Crippen LogP contribution < -0.4 is 10.1 Å². The molecular weight excluding hydrogens is 197 g/mol. The summed E-state index contributed by atoms with van der Waals surface area (Å²) in [5.74, 6) is -0.470. The van der Waals surface area contributed by atoms with E-state index in [1.54, 1.807) is 0 Å². The topological polar surface area (TPSA) is 38.3 Å². The van der Waals surface area contributed by atoms with Gasteiger partial charge in [0.2, 0.25) is 0 Å². The number of fused-ring (bicyclic) bond motifs is 1. The molecule has 0 spiro atoms. The van der Waals surface area contributed by atoms with E-state index in [0.717, 1.165) is 12.0 Å². The lowest BCUT2D eigenvalue weighted by Gasteiger charge is -2.08. The molecule has 0 saturated carbocycles. The second kappa shape index (κ2) is 3.53. The highest BCUT2D eigenvalue weighted by atomic mass is 19.1. The first kappa shape index (κ1) is 9.96. The fourth-order valence-corrected chi connectivity index (χ4v) is 1.85. The average Bonchev–Trinajstić information content (AvgIpc) is 2.54. The van der Waals surface area contributed by atoms with Gasteiger partial charge in [-0.1, -0.05) is 6.92 Å². The van der Waals surface area contributed by atoms with E-state index in [9.17, 15) is 9.18 Å². The van der Waals surface area contributed by atoms with Gasteiger partial charge in [-0.15, -0.1) is 0 Å². The molecule has 0 fully saturated rings. The van der Waals surface area contributed by atoms with Crippen molar-refractivity contribution in [2.75, 3.05) is 7.11 Å². The summed E-state index contributed by atoms with van der Waals surface area (Å²) in [5.41, 5.74) is 1.24. The van der Waals surface area contributed by atoms with E-state index in [1.165, 1.54) is 19.2 Å². The van der Waals surface area contributed by atoms with Gasteiger partial charge in [0.05, 0.1) is 13.2 Å². The number of methoxy groups -OCH3 is 1. The molecule has 0 bridgehead atoms. The molecule has 1 atom stereocenters. The van der Waals surface area contributed by atoms with E-state index in [2.05, 4.69) is 5.32 Å². The van der Waals surface area contributed by atoms with Gasteiger partial charge in [0.25, 0.3) is 5.91 Å². The molecule has 1 unspecified atom stereocenters. The lowest BCUT2D eigenvalue weighted by Crippen LogP contribution is -2.17. The lowest BCUT2D eigenvalue weighted by atomic mass is 10.0. The third-order valence-electron chi connectivity index (χ3n) is 2.66. The highest BCUT2D eigenvalue weighted by Crippen LogP contribution is 2.32. The van der Waals surface area contributed by atoms with Gasteiger partial charge in [-0.3, -0.25) is 4.79 Å². The van der Waals surface area contributed by atoms with Crippen LogP contribution in [0, 0.1) is 5.82 Å². The summed E-state index contributed by atoms with van der Waals surface area (Å²) in [6.45, 7) is 1.95. The van der Waals surface area contributed by atoms with Crippen molar-refractivity contribution in [1.82, 2.24) is 5.32 Å². The Morgan fingerprint density at radius 2 is 2.27 bits per heavy atom. The third kappa shape index (κ3) is 1.46. The van der Waals surface area contributed by atoms with Crippen LogP contribution in [0.1, 0.15) is 35.3 Å². The van der Waals surface area contributed by atoms with E-state index in [0.29, 0.717) is 5.56 Å². The Hall–Kier alpha value is -1.58. The van der Waals surface area contributed by atoms with Crippen molar-refractivity contribution in [3.8, 4) is 5.75 Å². The van der Waals surface area contributed by atoms with Gasteiger partial charge in [-0.05, 0) is 24.1 Å². The Morgan fingerprint density at radius 3 is 2.87 bits per heavy atom. The van der Waals surface area contributed by atoms with Crippen molar-refractivity contribution < 1.29 is 13.9 Å². The van der Waals surface area contributed by atoms with Gasteiger partial charge in [0, 0.05) is 5.56 Å². The Kier molecular flexibility index (Phi) is 2.34. The molecule has 4 heteroatoms. The number of hydrogen-bond acceptors (Lipinski definition) is 2. The summed E-state index contributed by atoms with van der Waals surface area (Å²) in [6.07, 6.45) is 0.754. The van der Waals surface area contributed by atoms with E-state index >= 15 is 0 Å². The van der Waals surface area contributed by atoms with Gasteiger partial charge >= 0.3 is 0 Å². The van der Waals surface area contributed by atoms with Crippen molar-refractivity contribution in [3.63, 3.8) is 0 Å². The molecule has 2 rings (SSSR count). The summed E-state index contributed by atoms with van der Waals surface area (Å²) < 4.78 is 18.3. The molecule has 80 valence electrons. The molecule has 1 heterocycles. The third-order valence-corrected chi connectivity index (χ3v) is 2.66. The number of carbonyl (C=O) groups excluding carboxylic acids is 1. The maximum absolute atomic E-state index is 13.4. The monoisotopic (exact) mass is 209 g/mol. The van der Waals surface area contributed by atoms with Crippen molar-refractivity contribution >= 4 is 5.91 Å². The number of rotatable bonds is 2. The van der Waals surface area contributed by atoms with Crippen LogP contribution in [0.5, 0.6) is 5.75 Å². The lowest BCUT2D eigenvalue weighted by molar-refractivity contribution is 0.0955. The Bertz CT molecular complexity index is 417. The summed E-state index contributed by atoms with van der Waals surface area (Å²) in [4.78, 5) is 11.5. The molecule has 1 aromatic rings. The van der Waals surface area contributed by atoms with Crippen molar-refractivity contribution in [2.45, 2.75) is 19.4 Å². The maximum atomic E-state index is 13.4. The molecule has 0 radical (unpaired) electrons. The zero-order chi connectivity index (χ0) is 11.0. The zero-order valence-corrected chi connectivity index (χ0v) is 8.63. The molecule has 1 aromatic carbocycles. The summed E-state index contributed by atoms with van der Waals surface area (Å²) in [6, 6.07) is 2.75. The van der Waals surface area contributed by atoms with Crippen molar-refractivity contribution in [2.24, 2.45) is 0 Å². The number of nitrogens with one attached hydrogen (secondary N) is 1. The second-order valence-electron chi connectivity index (χ2n) is 3.51. The molecule has 0 aliphatic carbocycles. The smallest absolute Gasteiger partial charge is 0.252 e. The van der Waals surface area contributed by atoms with Gasteiger partial charge in [-0.25, -0.2) is 4.39 Å². The first-order valence-corrected chi connectivity index (χ1v) is 4.85. The Morgan fingerprint density at radius 1 is 1.53 bits per heavy atom. The molecule has 1 amide bonds. The van der Waals surface area contributed by atoms with Crippen LogP contribution in [-0.4, -0.2) is 13.0 Å². The minimum Gasteiger partial charge on any atom is -0.494 e. The van der Waals surface area contributed by atoms with Crippen LogP contribution in [0.3, 0.4) is 0 Å². The number of benzene rings is 1. The summed E-state index contributed by atoms with van der Waals surface area (Å²) >= 11 is 0. The normalized spacial score (nSPS) is 18.6. The van der Waals surface area contributed by atoms with Crippen molar-refractivity contribution in [3.05, 3.63) is 29.1 Å². The van der Waals surface area contributed by atoms with Crippen LogP contribution in [0.15, 0.2) is 12.1 Å². The fraction of sp³-hybridized carbons (Fsp3) is 0.364. The molecule has 15 heavy (non-hydrogen) atoms. The Balaban J connectivity index is 2.54. The quantitative estimate of drug-likeness (QED) is 0.809. The second-order valence-corrected chi connectivity index (χ2v) is 3.51. The summed E-state index contributed by atoms with van der Waals surface area (Å²) in [7, 11) is 1.38. The van der Waals surface area contributed by atoms with Crippen LogP contribution in [-0.2, 0) is 0 Å². The molecule has 1 aliphatic rings. The molecule has 1 N–H and O–H groups in total. The predicted octanol–water partition coefficient (Wildman–Crippen LogP) is 2.03. The average molecular weight is 209 g/mol.